The van der Waals surface area contributed by atoms with Gasteiger partial charge in [0, 0.05) is 5.39 Å². The number of ether oxygens (including phenoxy) is 1. The van der Waals surface area contributed by atoms with Gasteiger partial charge in [-0.15, -0.1) is 0 Å². The molecule has 1 atom stereocenters. The molecule has 1 heterocycles. The molecule has 0 spiro atoms. The summed E-state index contributed by atoms with van der Waals surface area (Å²) in [5.74, 6) is 0.254. The van der Waals surface area contributed by atoms with Crippen LogP contribution in [0.15, 0.2) is 48.8 Å². The normalized spacial score (nSPS) is 13.8. The fourth-order valence-corrected chi connectivity index (χ4v) is 2.49. The van der Waals surface area contributed by atoms with E-state index in [4.69, 9.17) is 4.74 Å². The fraction of sp³-hybridized carbons (Fsp3) is 0.176. The van der Waals surface area contributed by atoms with Crippen molar-refractivity contribution in [2.24, 2.45) is 0 Å². The third-order valence-corrected chi connectivity index (χ3v) is 3.73. The molecule has 0 radical (unpaired) electrons. The number of nitrogens with zero attached hydrogens (tertiary/aromatic N) is 2. The summed E-state index contributed by atoms with van der Waals surface area (Å²) in [5.41, 5.74) is -0.178. The van der Waals surface area contributed by atoms with Gasteiger partial charge in [0.15, 0.2) is 0 Å². The topological polar surface area (TPSA) is 55.2 Å². The van der Waals surface area contributed by atoms with Crippen LogP contribution in [-0.2, 0) is 5.60 Å². The second-order valence-electron chi connectivity index (χ2n) is 5.16. The monoisotopic (exact) mass is 298 g/mol. The summed E-state index contributed by atoms with van der Waals surface area (Å²) < 4.78 is 19.0. The summed E-state index contributed by atoms with van der Waals surface area (Å²) in [7, 11) is 1.58. The van der Waals surface area contributed by atoms with E-state index >= 15 is 0 Å². The first-order valence-electron chi connectivity index (χ1n) is 6.80. The molecule has 3 rings (SSSR count). The largest absolute Gasteiger partial charge is 0.497 e. The van der Waals surface area contributed by atoms with E-state index in [1.807, 2.05) is 0 Å². The summed E-state index contributed by atoms with van der Waals surface area (Å²) in [6.07, 6.45) is 1.26. The molecule has 2 aromatic carbocycles. The molecule has 1 aromatic heterocycles. The lowest BCUT2D eigenvalue weighted by atomic mass is 9.90. The molecule has 0 amide bonds. The second-order valence-corrected chi connectivity index (χ2v) is 5.16. The summed E-state index contributed by atoms with van der Waals surface area (Å²) in [6.45, 7) is 1.63. The number of fused-ring (bicyclic) bond motifs is 1. The van der Waals surface area contributed by atoms with Gasteiger partial charge in [0.05, 0.1) is 12.8 Å². The summed E-state index contributed by atoms with van der Waals surface area (Å²) in [6, 6.07) is 11.6. The highest BCUT2D eigenvalue weighted by atomic mass is 19.1. The Morgan fingerprint density at radius 2 is 1.82 bits per heavy atom. The first-order chi connectivity index (χ1) is 10.5. The van der Waals surface area contributed by atoms with Gasteiger partial charge in [-0.3, -0.25) is 0 Å². The number of hydrogen-bond acceptors (Lipinski definition) is 4. The van der Waals surface area contributed by atoms with Crippen LogP contribution in [0.4, 0.5) is 4.39 Å². The molecular formula is C17H15FN2O2. The smallest absolute Gasteiger partial charge is 0.149 e. The second kappa shape index (κ2) is 5.35. The number of aromatic nitrogens is 2. The number of methoxy groups -OCH3 is 1. The lowest BCUT2D eigenvalue weighted by molar-refractivity contribution is 0.0990. The predicted octanol–water partition coefficient (Wildman–Crippen LogP) is 3.03. The van der Waals surface area contributed by atoms with Crippen LogP contribution in [0.2, 0.25) is 0 Å². The SMILES string of the molecule is COc1ccc(C(C)(O)c2ncnc3c(F)cccc23)cc1. The number of hydrogen-bond donors (Lipinski definition) is 1. The van der Waals surface area contributed by atoms with Crippen molar-refractivity contribution in [3.63, 3.8) is 0 Å². The Morgan fingerprint density at radius 3 is 2.50 bits per heavy atom. The Morgan fingerprint density at radius 1 is 1.09 bits per heavy atom. The molecule has 0 aliphatic heterocycles. The maximum Gasteiger partial charge on any atom is 0.149 e. The van der Waals surface area contributed by atoms with Gasteiger partial charge in [-0.2, -0.15) is 0 Å². The van der Waals surface area contributed by atoms with Crippen LogP contribution in [0, 0.1) is 5.82 Å². The molecule has 1 N–H and O–H groups in total. The highest BCUT2D eigenvalue weighted by Gasteiger charge is 2.29. The number of benzene rings is 2. The van der Waals surface area contributed by atoms with Crippen LogP contribution in [0.25, 0.3) is 10.9 Å². The van der Waals surface area contributed by atoms with Gasteiger partial charge in [-0.1, -0.05) is 24.3 Å². The van der Waals surface area contributed by atoms with Crippen molar-refractivity contribution >= 4 is 10.9 Å². The molecule has 0 fully saturated rings. The quantitative estimate of drug-likeness (QED) is 0.807. The first-order valence-corrected chi connectivity index (χ1v) is 6.80. The minimum Gasteiger partial charge on any atom is -0.497 e. The van der Waals surface area contributed by atoms with Crippen molar-refractivity contribution in [2.75, 3.05) is 7.11 Å². The molecule has 4 nitrogen and oxygen atoms in total. The molecule has 1 unspecified atom stereocenters. The van der Waals surface area contributed by atoms with Crippen molar-refractivity contribution in [3.8, 4) is 5.75 Å². The Hall–Kier alpha value is -2.53. The molecule has 0 saturated heterocycles. The van der Waals surface area contributed by atoms with Gasteiger partial charge in [0.1, 0.15) is 29.0 Å². The highest BCUT2D eigenvalue weighted by Crippen LogP contribution is 2.33. The van der Waals surface area contributed by atoms with Gasteiger partial charge in [-0.25, -0.2) is 14.4 Å². The van der Waals surface area contributed by atoms with Gasteiger partial charge in [0.25, 0.3) is 0 Å². The number of rotatable bonds is 3. The van der Waals surface area contributed by atoms with Crippen molar-refractivity contribution in [1.82, 2.24) is 9.97 Å². The van der Waals surface area contributed by atoms with E-state index in [0.717, 1.165) is 0 Å². The van der Waals surface area contributed by atoms with Crippen molar-refractivity contribution < 1.29 is 14.2 Å². The minimum absolute atomic E-state index is 0.196. The van der Waals surface area contributed by atoms with Crippen molar-refractivity contribution in [3.05, 3.63) is 65.9 Å². The van der Waals surface area contributed by atoms with E-state index in [-0.39, 0.29) is 5.52 Å². The summed E-state index contributed by atoms with van der Waals surface area (Å²) >= 11 is 0. The molecule has 3 aromatic rings. The Kier molecular flexibility index (Phi) is 3.50. The van der Waals surface area contributed by atoms with Crippen molar-refractivity contribution in [2.45, 2.75) is 12.5 Å². The van der Waals surface area contributed by atoms with E-state index in [2.05, 4.69) is 9.97 Å². The molecule has 5 heteroatoms. The zero-order chi connectivity index (χ0) is 15.7. The Bertz CT molecular complexity index is 817. The van der Waals surface area contributed by atoms with Crippen LogP contribution in [-0.4, -0.2) is 22.2 Å². The van der Waals surface area contributed by atoms with Crippen LogP contribution in [0.5, 0.6) is 5.75 Å². The maximum atomic E-state index is 13.9. The zero-order valence-electron chi connectivity index (χ0n) is 12.2. The van der Waals surface area contributed by atoms with Crippen LogP contribution in [0.3, 0.4) is 0 Å². The van der Waals surface area contributed by atoms with Gasteiger partial charge < -0.3 is 9.84 Å². The zero-order valence-corrected chi connectivity index (χ0v) is 12.2. The summed E-state index contributed by atoms with van der Waals surface area (Å²) in [4.78, 5) is 8.14. The van der Waals surface area contributed by atoms with E-state index in [9.17, 15) is 9.50 Å². The molecule has 0 aliphatic carbocycles. The van der Waals surface area contributed by atoms with Crippen LogP contribution in [0.1, 0.15) is 18.2 Å². The Labute approximate surface area is 127 Å². The van der Waals surface area contributed by atoms with Crippen LogP contribution >= 0.6 is 0 Å². The van der Waals surface area contributed by atoms with E-state index in [0.29, 0.717) is 22.4 Å². The lowest BCUT2D eigenvalue weighted by Crippen LogP contribution is -2.25. The van der Waals surface area contributed by atoms with E-state index < -0.39 is 11.4 Å². The average molecular weight is 298 g/mol. The molecule has 0 aliphatic rings. The molecule has 0 saturated carbocycles. The predicted molar refractivity (Wildman–Crippen MR) is 81.2 cm³/mol. The molecular weight excluding hydrogens is 283 g/mol. The van der Waals surface area contributed by atoms with E-state index in [1.54, 1.807) is 50.4 Å². The Balaban J connectivity index is 2.18. The van der Waals surface area contributed by atoms with Gasteiger partial charge in [-0.05, 0) is 30.7 Å². The maximum absolute atomic E-state index is 13.9. The number of para-hydroxylation sites is 1. The molecule has 22 heavy (non-hydrogen) atoms. The number of halogens is 1. The van der Waals surface area contributed by atoms with E-state index in [1.165, 1.54) is 12.4 Å². The third kappa shape index (κ3) is 2.29. The summed E-state index contributed by atoms with van der Waals surface area (Å²) in [5, 5.41) is 11.4. The average Bonchev–Trinajstić information content (AvgIpc) is 2.55. The fourth-order valence-electron chi connectivity index (χ4n) is 2.49. The molecule has 0 bridgehead atoms. The minimum atomic E-state index is -1.37. The number of aliphatic hydroxyl groups is 1. The highest BCUT2D eigenvalue weighted by molar-refractivity contribution is 5.82. The van der Waals surface area contributed by atoms with Gasteiger partial charge >= 0.3 is 0 Å². The molecule has 112 valence electrons. The lowest BCUT2D eigenvalue weighted by Gasteiger charge is -2.24. The van der Waals surface area contributed by atoms with Gasteiger partial charge in [0.2, 0.25) is 0 Å². The first kappa shape index (κ1) is 14.4. The van der Waals surface area contributed by atoms with Crippen LogP contribution < -0.4 is 4.74 Å². The van der Waals surface area contributed by atoms with Crippen molar-refractivity contribution in [1.29, 1.82) is 0 Å². The third-order valence-electron chi connectivity index (χ3n) is 3.73. The standard InChI is InChI=1S/C17H15FN2O2/c1-17(21,11-6-8-12(22-2)9-7-11)16-13-4-3-5-14(18)15(13)19-10-20-16/h3-10,21H,1-2H3.